The van der Waals surface area contributed by atoms with Gasteiger partial charge in [0.1, 0.15) is 10.7 Å². The summed E-state index contributed by atoms with van der Waals surface area (Å²) < 4.78 is 2.96. The summed E-state index contributed by atoms with van der Waals surface area (Å²) in [6.45, 7) is 4.22. The smallest absolute Gasteiger partial charge is 0.274 e. The van der Waals surface area contributed by atoms with Gasteiger partial charge in [0.25, 0.3) is 11.5 Å². The maximum absolute atomic E-state index is 12.9. The van der Waals surface area contributed by atoms with Crippen LogP contribution in [0.4, 0.5) is 5.95 Å². The molecule has 0 saturated heterocycles. The van der Waals surface area contributed by atoms with Crippen LogP contribution < -0.4 is 16.4 Å². The molecule has 0 atom stereocenters. The minimum absolute atomic E-state index is 0.182. The monoisotopic (exact) mass is 470 g/mol. The summed E-state index contributed by atoms with van der Waals surface area (Å²) in [6.07, 6.45) is 0. The topological polar surface area (TPSA) is 93.8 Å². The van der Waals surface area contributed by atoms with E-state index >= 15 is 0 Å². The quantitative estimate of drug-likeness (QED) is 0.414. The van der Waals surface area contributed by atoms with Gasteiger partial charge >= 0.3 is 0 Å². The number of nitrogens with zero attached hydrogens (tertiary/aromatic N) is 4. The van der Waals surface area contributed by atoms with E-state index in [2.05, 4.69) is 20.9 Å². The molecule has 4 aromatic rings. The third-order valence-corrected chi connectivity index (χ3v) is 5.79. The standard InChI is InChI=1S/C22H20Cl2N6O2/c1-3-29-21(32)15-9-5-7-11-17(15)25-22(29)27-26-20(31)18-13(2)28-30(19(18)24)12-14-8-4-6-10-16(14)23/h4-11H,3,12H2,1-2H3,(H,25,27)(H,26,31). The van der Waals surface area contributed by atoms with Crippen molar-refractivity contribution in [1.29, 1.82) is 0 Å². The normalized spacial score (nSPS) is 11.0. The molecule has 2 aromatic heterocycles. The van der Waals surface area contributed by atoms with Gasteiger partial charge in [0.05, 0.1) is 23.1 Å². The predicted molar refractivity (Wildman–Crippen MR) is 125 cm³/mol. The molecule has 0 aliphatic carbocycles. The van der Waals surface area contributed by atoms with Crippen LogP contribution in [0.2, 0.25) is 10.2 Å². The molecule has 2 heterocycles. The van der Waals surface area contributed by atoms with Crippen molar-refractivity contribution >= 4 is 46.0 Å². The summed E-state index contributed by atoms with van der Waals surface area (Å²) in [5.41, 5.74) is 7.17. The number of benzene rings is 2. The number of fused-ring (bicyclic) bond motifs is 1. The van der Waals surface area contributed by atoms with Crippen LogP contribution in [-0.2, 0) is 13.1 Å². The van der Waals surface area contributed by atoms with E-state index < -0.39 is 5.91 Å². The molecule has 2 N–H and O–H groups in total. The van der Waals surface area contributed by atoms with Crippen molar-refractivity contribution in [2.75, 3.05) is 5.43 Å². The molecular formula is C22H20Cl2N6O2. The molecule has 10 heteroatoms. The molecule has 0 spiro atoms. The van der Waals surface area contributed by atoms with Gasteiger partial charge in [-0.15, -0.1) is 0 Å². The zero-order valence-corrected chi connectivity index (χ0v) is 18.9. The van der Waals surface area contributed by atoms with Crippen LogP contribution in [0.25, 0.3) is 10.9 Å². The lowest BCUT2D eigenvalue weighted by Gasteiger charge is -2.14. The molecule has 0 aliphatic heterocycles. The molecule has 32 heavy (non-hydrogen) atoms. The van der Waals surface area contributed by atoms with Crippen molar-refractivity contribution in [3.8, 4) is 0 Å². The van der Waals surface area contributed by atoms with Crippen molar-refractivity contribution in [3.63, 3.8) is 0 Å². The lowest BCUT2D eigenvalue weighted by atomic mass is 10.2. The van der Waals surface area contributed by atoms with Gasteiger partial charge in [0, 0.05) is 11.6 Å². The fourth-order valence-electron chi connectivity index (χ4n) is 3.44. The molecule has 0 aliphatic rings. The van der Waals surface area contributed by atoms with Gasteiger partial charge in [-0.3, -0.25) is 25.0 Å². The molecule has 0 radical (unpaired) electrons. The Balaban J connectivity index is 1.58. The summed E-state index contributed by atoms with van der Waals surface area (Å²) in [5, 5.41) is 5.65. The third-order valence-electron chi connectivity index (χ3n) is 5.04. The van der Waals surface area contributed by atoms with Gasteiger partial charge in [-0.25, -0.2) is 9.67 Å². The number of rotatable bonds is 6. The van der Waals surface area contributed by atoms with E-state index in [0.29, 0.717) is 34.7 Å². The van der Waals surface area contributed by atoms with E-state index in [1.807, 2.05) is 25.1 Å². The van der Waals surface area contributed by atoms with Crippen molar-refractivity contribution in [1.82, 2.24) is 24.8 Å². The SMILES string of the molecule is CCn1c(NNC(=O)c2c(C)nn(Cc3ccccc3Cl)c2Cl)nc2ccccc2c1=O. The molecule has 164 valence electrons. The molecule has 0 saturated carbocycles. The van der Waals surface area contributed by atoms with Gasteiger partial charge in [-0.2, -0.15) is 5.10 Å². The Morgan fingerprint density at radius 2 is 1.81 bits per heavy atom. The minimum atomic E-state index is -0.497. The van der Waals surface area contributed by atoms with Crippen molar-refractivity contribution < 1.29 is 4.79 Å². The van der Waals surface area contributed by atoms with Crippen LogP contribution in [0.3, 0.4) is 0 Å². The van der Waals surface area contributed by atoms with E-state index in [1.165, 1.54) is 9.25 Å². The number of aryl methyl sites for hydroxylation is 1. The number of carbonyl (C=O) groups is 1. The number of para-hydroxylation sites is 1. The number of hydrogen-bond donors (Lipinski definition) is 2. The molecule has 4 rings (SSSR count). The van der Waals surface area contributed by atoms with Gasteiger partial charge in [0.2, 0.25) is 5.95 Å². The van der Waals surface area contributed by atoms with Gasteiger partial charge < -0.3 is 0 Å². The first kappa shape index (κ1) is 21.9. The van der Waals surface area contributed by atoms with Crippen molar-refractivity contribution in [2.24, 2.45) is 0 Å². The highest BCUT2D eigenvalue weighted by Gasteiger charge is 2.21. The average Bonchev–Trinajstić information content (AvgIpc) is 3.06. The number of amides is 1. The first-order valence-corrected chi connectivity index (χ1v) is 10.7. The lowest BCUT2D eigenvalue weighted by molar-refractivity contribution is 0.0961. The summed E-state index contributed by atoms with van der Waals surface area (Å²) in [7, 11) is 0. The average molecular weight is 471 g/mol. The van der Waals surface area contributed by atoms with Crippen LogP contribution in [0, 0.1) is 6.92 Å². The number of carbonyl (C=O) groups excluding carboxylic acids is 1. The zero-order valence-electron chi connectivity index (χ0n) is 17.4. The minimum Gasteiger partial charge on any atom is -0.277 e. The van der Waals surface area contributed by atoms with Crippen LogP contribution in [0.15, 0.2) is 53.3 Å². The molecule has 0 bridgehead atoms. The summed E-state index contributed by atoms with van der Waals surface area (Å²) in [5.74, 6) is -0.273. The highest BCUT2D eigenvalue weighted by Crippen LogP contribution is 2.23. The summed E-state index contributed by atoms with van der Waals surface area (Å²) in [6, 6.07) is 14.4. The first-order valence-electron chi connectivity index (χ1n) is 9.93. The van der Waals surface area contributed by atoms with E-state index in [4.69, 9.17) is 23.2 Å². The Bertz CT molecular complexity index is 1380. The number of aromatic nitrogens is 4. The second kappa shape index (κ2) is 9.02. The predicted octanol–water partition coefficient (Wildman–Crippen LogP) is 4.03. The Hall–Kier alpha value is -3.36. The molecule has 0 fully saturated rings. The summed E-state index contributed by atoms with van der Waals surface area (Å²) >= 11 is 12.7. The number of nitrogens with one attached hydrogen (secondary N) is 2. The van der Waals surface area contributed by atoms with Crippen molar-refractivity contribution in [2.45, 2.75) is 26.9 Å². The van der Waals surface area contributed by atoms with E-state index in [0.717, 1.165) is 5.56 Å². The number of hydrogen-bond acceptors (Lipinski definition) is 5. The molecule has 1 amide bonds. The zero-order chi connectivity index (χ0) is 22.8. The molecule has 0 unspecified atom stereocenters. The van der Waals surface area contributed by atoms with E-state index in [9.17, 15) is 9.59 Å². The number of halogens is 2. The van der Waals surface area contributed by atoms with Gasteiger partial charge in [-0.05, 0) is 37.6 Å². The Labute approximate surface area is 193 Å². The largest absolute Gasteiger partial charge is 0.277 e. The number of anilines is 1. The maximum atomic E-state index is 12.9. The highest BCUT2D eigenvalue weighted by molar-refractivity contribution is 6.33. The Morgan fingerprint density at radius 3 is 2.56 bits per heavy atom. The second-order valence-corrected chi connectivity index (χ2v) is 7.85. The van der Waals surface area contributed by atoms with Gasteiger partial charge in [0.15, 0.2) is 0 Å². The Kier molecular flexibility index (Phi) is 6.16. The highest BCUT2D eigenvalue weighted by atomic mass is 35.5. The fraction of sp³-hybridized carbons (Fsp3) is 0.182. The van der Waals surface area contributed by atoms with E-state index in [-0.39, 0.29) is 22.2 Å². The Morgan fingerprint density at radius 1 is 1.09 bits per heavy atom. The van der Waals surface area contributed by atoms with Crippen molar-refractivity contribution in [3.05, 3.63) is 85.9 Å². The van der Waals surface area contributed by atoms with Crippen LogP contribution in [0.1, 0.15) is 28.5 Å². The van der Waals surface area contributed by atoms with Crippen LogP contribution in [-0.4, -0.2) is 25.2 Å². The number of hydrazine groups is 1. The van der Waals surface area contributed by atoms with E-state index in [1.54, 1.807) is 37.3 Å². The molecule has 2 aromatic carbocycles. The second-order valence-electron chi connectivity index (χ2n) is 7.08. The molecule has 8 nitrogen and oxygen atoms in total. The van der Waals surface area contributed by atoms with Crippen LogP contribution >= 0.6 is 23.2 Å². The molecular weight excluding hydrogens is 451 g/mol. The van der Waals surface area contributed by atoms with Crippen LogP contribution in [0.5, 0.6) is 0 Å². The maximum Gasteiger partial charge on any atom is 0.274 e. The first-order chi connectivity index (χ1) is 15.4. The summed E-state index contributed by atoms with van der Waals surface area (Å²) in [4.78, 5) is 30.1. The third kappa shape index (κ3) is 4.06. The fourth-order valence-corrected chi connectivity index (χ4v) is 3.95. The lowest BCUT2D eigenvalue weighted by Crippen LogP contribution is -2.34. The van der Waals surface area contributed by atoms with Gasteiger partial charge in [-0.1, -0.05) is 53.5 Å².